The Morgan fingerprint density at radius 1 is 1.13 bits per heavy atom. The van der Waals surface area contributed by atoms with Gasteiger partial charge in [0, 0.05) is 30.8 Å². The van der Waals surface area contributed by atoms with Crippen LogP contribution in [0, 0.1) is 24.0 Å². The summed E-state index contributed by atoms with van der Waals surface area (Å²) in [5, 5.41) is 11.8. The number of nitrogens with zero attached hydrogens (tertiary/aromatic N) is 4. The van der Waals surface area contributed by atoms with Crippen molar-refractivity contribution >= 4 is 50.7 Å². The third-order valence-electron chi connectivity index (χ3n) is 5.12. The monoisotopic (exact) mass is 462 g/mol. The molecule has 0 aliphatic rings. The lowest BCUT2D eigenvalue weighted by atomic mass is 10.1. The van der Waals surface area contributed by atoms with Gasteiger partial charge in [0.15, 0.2) is 5.13 Å². The molecule has 7 nitrogen and oxygen atoms in total. The Bertz CT molecular complexity index is 1080. The zero-order chi connectivity index (χ0) is 21.8. The number of non-ortho nitro benzene ring substituents is 1. The Hall–Kier alpha value is -2.55. The average Bonchev–Trinajstić information content (AvgIpc) is 3.15. The van der Waals surface area contributed by atoms with Crippen LogP contribution in [-0.4, -0.2) is 46.9 Å². The number of benzene rings is 2. The molecule has 3 aromatic rings. The van der Waals surface area contributed by atoms with Crippen molar-refractivity contribution in [3.8, 4) is 0 Å². The van der Waals surface area contributed by atoms with Gasteiger partial charge in [-0.05, 0) is 50.2 Å². The van der Waals surface area contributed by atoms with E-state index in [-0.39, 0.29) is 29.6 Å². The minimum atomic E-state index is -0.485. The molecule has 0 saturated carbocycles. The van der Waals surface area contributed by atoms with Gasteiger partial charge in [0.1, 0.15) is 0 Å². The largest absolute Gasteiger partial charge is 0.302 e. The number of nitro groups is 1. The van der Waals surface area contributed by atoms with E-state index in [1.807, 2.05) is 19.9 Å². The average molecular weight is 463 g/mol. The van der Waals surface area contributed by atoms with E-state index in [9.17, 15) is 14.9 Å². The maximum absolute atomic E-state index is 13.4. The maximum atomic E-state index is 13.4. The van der Waals surface area contributed by atoms with Crippen molar-refractivity contribution < 1.29 is 9.72 Å². The lowest BCUT2D eigenvalue weighted by Gasteiger charge is -2.24. The number of thiazole rings is 1. The van der Waals surface area contributed by atoms with Gasteiger partial charge in [-0.15, -0.1) is 12.4 Å². The molecule has 0 saturated heterocycles. The first kappa shape index (κ1) is 24.7. The van der Waals surface area contributed by atoms with Crippen LogP contribution < -0.4 is 4.90 Å². The lowest BCUT2D eigenvalue weighted by Crippen LogP contribution is -2.38. The molecule has 0 aliphatic carbocycles. The van der Waals surface area contributed by atoms with Crippen LogP contribution in [0.3, 0.4) is 0 Å². The molecule has 9 heteroatoms. The molecule has 1 heterocycles. The smallest absolute Gasteiger partial charge is 0.270 e. The van der Waals surface area contributed by atoms with Crippen LogP contribution >= 0.6 is 23.7 Å². The molecule has 0 bridgehead atoms. The molecule has 0 radical (unpaired) electrons. The zero-order valence-electron chi connectivity index (χ0n) is 18.1. The molecule has 3 rings (SSSR count). The topological polar surface area (TPSA) is 79.6 Å². The summed E-state index contributed by atoms with van der Waals surface area (Å²) in [6, 6.07) is 9.99. The second-order valence-corrected chi connectivity index (χ2v) is 8.20. The number of nitro benzene ring substituents is 1. The predicted octanol–water partition coefficient (Wildman–Crippen LogP) is 5.23. The van der Waals surface area contributed by atoms with Crippen molar-refractivity contribution in [3.05, 3.63) is 63.2 Å². The molecule has 0 N–H and O–H groups in total. The Labute approximate surface area is 192 Å². The highest BCUT2D eigenvalue weighted by molar-refractivity contribution is 7.22. The van der Waals surface area contributed by atoms with Gasteiger partial charge in [0.05, 0.1) is 15.1 Å². The number of anilines is 1. The van der Waals surface area contributed by atoms with E-state index >= 15 is 0 Å². The SMILES string of the molecule is CCN(CC)CCN(C(=O)c1cccc([N+](=O)[O-])c1)c1nc2cc(C)cc(C)c2s1.Cl. The van der Waals surface area contributed by atoms with Gasteiger partial charge >= 0.3 is 0 Å². The molecule has 0 unspecified atom stereocenters. The summed E-state index contributed by atoms with van der Waals surface area (Å²) in [7, 11) is 0. The molecule has 166 valence electrons. The van der Waals surface area contributed by atoms with E-state index < -0.39 is 4.92 Å². The molecular weight excluding hydrogens is 436 g/mol. The summed E-state index contributed by atoms with van der Waals surface area (Å²) in [6.07, 6.45) is 0. The van der Waals surface area contributed by atoms with Gasteiger partial charge in [-0.1, -0.05) is 37.3 Å². The number of amides is 1. The van der Waals surface area contributed by atoms with Crippen molar-refractivity contribution in [3.63, 3.8) is 0 Å². The van der Waals surface area contributed by atoms with E-state index in [1.165, 1.54) is 23.5 Å². The van der Waals surface area contributed by atoms with Gasteiger partial charge in [-0.25, -0.2) is 4.98 Å². The second kappa shape index (κ2) is 10.7. The van der Waals surface area contributed by atoms with Gasteiger partial charge in [-0.2, -0.15) is 0 Å². The summed E-state index contributed by atoms with van der Waals surface area (Å²) < 4.78 is 1.05. The number of likely N-dealkylation sites (N-methyl/N-ethyl adjacent to an activating group) is 1. The Balaban J connectivity index is 0.00000341. The quantitative estimate of drug-likeness (QED) is 0.338. The molecular formula is C22H27ClN4O3S. The van der Waals surface area contributed by atoms with Gasteiger partial charge < -0.3 is 4.90 Å². The molecule has 1 aromatic heterocycles. The van der Waals surface area contributed by atoms with E-state index in [0.29, 0.717) is 18.2 Å². The summed E-state index contributed by atoms with van der Waals surface area (Å²) in [4.78, 5) is 32.7. The highest BCUT2D eigenvalue weighted by Gasteiger charge is 2.23. The molecule has 0 aliphatic heterocycles. The van der Waals surface area contributed by atoms with Crippen LogP contribution in [-0.2, 0) is 0 Å². The van der Waals surface area contributed by atoms with Gasteiger partial charge in [0.2, 0.25) is 0 Å². The first-order valence-corrected chi connectivity index (χ1v) is 10.8. The number of carbonyl (C=O) groups is 1. The molecule has 0 spiro atoms. The molecule has 0 fully saturated rings. The number of carbonyl (C=O) groups excluding carboxylic acids is 1. The highest BCUT2D eigenvalue weighted by atomic mass is 35.5. The minimum absolute atomic E-state index is 0. The fourth-order valence-corrected chi connectivity index (χ4v) is 4.49. The maximum Gasteiger partial charge on any atom is 0.270 e. The first-order valence-electron chi connectivity index (χ1n) is 10.0. The molecule has 31 heavy (non-hydrogen) atoms. The summed E-state index contributed by atoms with van der Waals surface area (Å²) in [5.74, 6) is -0.278. The third kappa shape index (κ3) is 5.58. The van der Waals surface area contributed by atoms with Crippen molar-refractivity contribution in [2.24, 2.45) is 0 Å². The number of hydrogen-bond acceptors (Lipinski definition) is 6. The number of halogens is 1. The van der Waals surface area contributed by atoms with E-state index in [2.05, 4.69) is 24.8 Å². The molecule has 1 amide bonds. The summed E-state index contributed by atoms with van der Waals surface area (Å²) in [5.41, 5.74) is 3.31. The van der Waals surface area contributed by atoms with Crippen LogP contribution in [0.1, 0.15) is 35.3 Å². The number of rotatable bonds is 8. The highest BCUT2D eigenvalue weighted by Crippen LogP contribution is 2.33. The zero-order valence-corrected chi connectivity index (χ0v) is 19.8. The van der Waals surface area contributed by atoms with Crippen molar-refractivity contribution in [1.29, 1.82) is 0 Å². The second-order valence-electron chi connectivity index (χ2n) is 7.22. The Morgan fingerprint density at radius 2 is 1.84 bits per heavy atom. The number of hydrogen-bond donors (Lipinski definition) is 0. The third-order valence-corrected chi connectivity index (χ3v) is 6.35. The molecule has 0 atom stereocenters. The van der Waals surface area contributed by atoms with Crippen LogP contribution in [0.25, 0.3) is 10.2 Å². The van der Waals surface area contributed by atoms with Crippen LogP contribution in [0.4, 0.5) is 10.8 Å². The van der Waals surface area contributed by atoms with E-state index in [4.69, 9.17) is 4.98 Å². The fourth-order valence-electron chi connectivity index (χ4n) is 3.45. The molecule has 2 aromatic carbocycles. The number of aryl methyl sites for hydroxylation is 2. The summed E-state index contributed by atoms with van der Waals surface area (Å²) >= 11 is 1.48. The lowest BCUT2D eigenvalue weighted by molar-refractivity contribution is -0.384. The minimum Gasteiger partial charge on any atom is -0.302 e. The predicted molar refractivity (Wildman–Crippen MR) is 129 cm³/mol. The number of fused-ring (bicyclic) bond motifs is 1. The van der Waals surface area contributed by atoms with Crippen LogP contribution in [0.2, 0.25) is 0 Å². The number of aromatic nitrogens is 1. The van der Waals surface area contributed by atoms with Crippen molar-refractivity contribution in [2.75, 3.05) is 31.1 Å². The van der Waals surface area contributed by atoms with Crippen LogP contribution in [0.15, 0.2) is 36.4 Å². The Morgan fingerprint density at radius 3 is 2.48 bits per heavy atom. The fraction of sp³-hybridized carbons (Fsp3) is 0.364. The van der Waals surface area contributed by atoms with Gasteiger partial charge in [-0.3, -0.25) is 19.8 Å². The van der Waals surface area contributed by atoms with Crippen molar-refractivity contribution in [2.45, 2.75) is 27.7 Å². The van der Waals surface area contributed by atoms with E-state index in [0.717, 1.165) is 34.4 Å². The van der Waals surface area contributed by atoms with Gasteiger partial charge in [0.25, 0.3) is 11.6 Å². The normalized spacial score (nSPS) is 10.9. The Kier molecular flexibility index (Phi) is 8.50. The van der Waals surface area contributed by atoms with E-state index in [1.54, 1.807) is 17.0 Å². The first-order chi connectivity index (χ1) is 14.3. The standard InChI is InChI=1S/C22H26N4O3S.ClH/c1-5-24(6-2)10-11-25(21(27)17-8-7-9-18(14-17)26(28)29)22-23-19-13-15(3)12-16(4)20(19)30-22;/h7-9,12-14H,5-6,10-11H2,1-4H3;1H. The van der Waals surface area contributed by atoms with Crippen molar-refractivity contribution in [1.82, 2.24) is 9.88 Å². The summed E-state index contributed by atoms with van der Waals surface area (Å²) in [6.45, 7) is 11.2. The van der Waals surface area contributed by atoms with Crippen LogP contribution in [0.5, 0.6) is 0 Å².